The largest absolute Gasteiger partial charge is 0.298 e. The molecule has 0 bridgehead atoms. The molecule has 2 aromatic carbocycles. The molecule has 0 unspecified atom stereocenters. The minimum absolute atomic E-state index is 0.0207. The maximum absolute atomic E-state index is 13.3. The van der Waals surface area contributed by atoms with Gasteiger partial charge in [0.2, 0.25) is 6.54 Å². The Balaban J connectivity index is 2.19. The minimum atomic E-state index is -4.06. The third kappa shape index (κ3) is 2.74. The molecule has 2 aromatic rings. The second kappa shape index (κ2) is 6.40. The van der Waals surface area contributed by atoms with Crippen molar-refractivity contribution in [2.24, 2.45) is 0 Å². The zero-order valence-electron chi connectivity index (χ0n) is 13.4. The lowest BCUT2D eigenvalue weighted by Gasteiger charge is -2.43. The fourth-order valence-corrected chi connectivity index (χ4v) is 5.77. The van der Waals surface area contributed by atoms with E-state index < -0.39 is 37.8 Å². The Bertz CT molecular complexity index is 896. The lowest BCUT2D eigenvalue weighted by Crippen LogP contribution is -2.59. The first-order chi connectivity index (χ1) is 11.9. The molecule has 25 heavy (non-hydrogen) atoms. The molecule has 3 rings (SSSR count). The van der Waals surface area contributed by atoms with Gasteiger partial charge < -0.3 is 0 Å². The van der Waals surface area contributed by atoms with Gasteiger partial charge >= 0.3 is 0 Å². The highest BCUT2D eigenvalue weighted by Gasteiger charge is 2.63. The summed E-state index contributed by atoms with van der Waals surface area (Å²) in [6, 6.07) is 16.1. The molecule has 1 saturated carbocycles. The Morgan fingerprint density at radius 1 is 1.04 bits per heavy atom. The average Bonchev–Trinajstić information content (AvgIpc) is 2.61. The monoisotopic (exact) mass is 359 g/mol. The summed E-state index contributed by atoms with van der Waals surface area (Å²) in [5.41, 5.74) is 0.492. The predicted octanol–water partition coefficient (Wildman–Crippen LogP) is 2.62. The van der Waals surface area contributed by atoms with Crippen molar-refractivity contribution in [3.8, 4) is 0 Å². The standard InChI is InChI=1S/C18H17NO5S/c20-17-11-12-18(17,25(23,24)15-9-5-2-6-10-15)16(13-19(21)22)14-7-3-1-4-8-14/h1-10,16H,11-13H2/t16-,18+/m1/s1. The Kier molecular flexibility index (Phi) is 4.43. The van der Waals surface area contributed by atoms with Crippen molar-refractivity contribution in [2.75, 3.05) is 6.54 Å². The van der Waals surface area contributed by atoms with Crippen LogP contribution in [0.15, 0.2) is 65.6 Å². The van der Waals surface area contributed by atoms with Crippen LogP contribution in [0.5, 0.6) is 0 Å². The van der Waals surface area contributed by atoms with Crippen LogP contribution in [0.2, 0.25) is 0 Å². The minimum Gasteiger partial charge on any atom is -0.298 e. The number of hydrogen-bond donors (Lipinski definition) is 0. The smallest absolute Gasteiger partial charge is 0.212 e. The molecule has 6 nitrogen and oxygen atoms in total. The number of rotatable bonds is 6. The second-order valence-electron chi connectivity index (χ2n) is 6.11. The van der Waals surface area contributed by atoms with Crippen molar-refractivity contribution in [1.82, 2.24) is 0 Å². The van der Waals surface area contributed by atoms with Gasteiger partial charge in [0, 0.05) is 11.3 Å². The average molecular weight is 359 g/mol. The highest BCUT2D eigenvalue weighted by atomic mass is 32.2. The quantitative estimate of drug-likeness (QED) is 0.584. The van der Waals surface area contributed by atoms with Gasteiger partial charge in [0.15, 0.2) is 15.6 Å². The van der Waals surface area contributed by atoms with E-state index in [-0.39, 0.29) is 17.7 Å². The van der Waals surface area contributed by atoms with Crippen LogP contribution in [0.3, 0.4) is 0 Å². The van der Waals surface area contributed by atoms with E-state index >= 15 is 0 Å². The van der Waals surface area contributed by atoms with E-state index in [4.69, 9.17) is 0 Å². The molecule has 2 atom stereocenters. The van der Waals surface area contributed by atoms with Gasteiger partial charge in [0.05, 0.1) is 10.8 Å². The lowest BCUT2D eigenvalue weighted by atomic mass is 9.71. The Morgan fingerprint density at radius 2 is 1.60 bits per heavy atom. The predicted molar refractivity (Wildman–Crippen MR) is 91.6 cm³/mol. The summed E-state index contributed by atoms with van der Waals surface area (Å²) >= 11 is 0. The van der Waals surface area contributed by atoms with Crippen molar-refractivity contribution in [3.63, 3.8) is 0 Å². The molecule has 0 N–H and O–H groups in total. The third-order valence-electron chi connectivity index (χ3n) is 4.82. The molecule has 0 spiro atoms. The molecule has 1 fully saturated rings. The van der Waals surface area contributed by atoms with Gasteiger partial charge in [-0.2, -0.15) is 0 Å². The SMILES string of the molecule is O=C1CC[C@@]1([C@H](C[N+](=O)[O-])c1ccccc1)S(=O)(=O)c1ccccc1. The fourth-order valence-electron chi connectivity index (χ4n) is 3.48. The molecule has 0 heterocycles. The van der Waals surface area contributed by atoms with Crippen LogP contribution in [-0.2, 0) is 14.6 Å². The van der Waals surface area contributed by atoms with Gasteiger partial charge in [-0.3, -0.25) is 14.9 Å². The normalized spacial score (nSPS) is 21.4. The highest BCUT2D eigenvalue weighted by molar-refractivity contribution is 7.93. The maximum Gasteiger partial charge on any atom is 0.212 e. The lowest BCUT2D eigenvalue weighted by molar-refractivity contribution is -0.484. The van der Waals surface area contributed by atoms with E-state index in [1.165, 1.54) is 12.1 Å². The van der Waals surface area contributed by atoms with E-state index in [0.717, 1.165) is 0 Å². The van der Waals surface area contributed by atoms with Crippen molar-refractivity contribution in [3.05, 3.63) is 76.3 Å². The molecule has 0 saturated heterocycles. The Morgan fingerprint density at radius 3 is 2.04 bits per heavy atom. The number of carbonyl (C=O) groups is 1. The van der Waals surface area contributed by atoms with Crippen LogP contribution in [-0.4, -0.2) is 30.4 Å². The number of benzene rings is 2. The first-order valence-electron chi connectivity index (χ1n) is 7.89. The molecule has 130 valence electrons. The first kappa shape index (κ1) is 17.3. The molecule has 0 aromatic heterocycles. The van der Waals surface area contributed by atoms with Gasteiger partial charge in [0.25, 0.3) is 0 Å². The highest BCUT2D eigenvalue weighted by Crippen LogP contribution is 2.49. The molecule has 0 amide bonds. The van der Waals surface area contributed by atoms with Crippen molar-refractivity contribution >= 4 is 15.6 Å². The van der Waals surface area contributed by atoms with Gasteiger partial charge in [-0.05, 0) is 24.1 Å². The van der Waals surface area contributed by atoms with E-state index in [1.807, 2.05) is 0 Å². The van der Waals surface area contributed by atoms with Crippen molar-refractivity contribution in [2.45, 2.75) is 28.4 Å². The van der Waals surface area contributed by atoms with Crippen LogP contribution >= 0.6 is 0 Å². The van der Waals surface area contributed by atoms with E-state index in [9.17, 15) is 23.3 Å². The van der Waals surface area contributed by atoms with Crippen molar-refractivity contribution < 1.29 is 18.1 Å². The number of sulfone groups is 1. The Labute approximate surface area is 145 Å². The van der Waals surface area contributed by atoms with Gasteiger partial charge in [-0.1, -0.05) is 48.5 Å². The molecule has 1 aliphatic carbocycles. The molecule has 0 radical (unpaired) electrons. The molecular formula is C18H17NO5S. The summed E-state index contributed by atoms with van der Waals surface area (Å²) in [7, 11) is -4.06. The third-order valence-corrected chi connectivity index (χ3v) is 7.39. The topological polar surface area (TPSA) is 94.3 Å². The number of hydrogen-bond acceptors (Lipinski definition) is 5. The molecule has 0 aliphatic heterocycles. The van der Waals surface area contributed by atoms with E-state index in [2.05, 4.69) is 0 Å². The van der Waals surface area contributed by atoms with Gasteiger partial charge in [-0.25, -0.2) is 8.42 Å². The summed E-state index contributed by atoms with van der Waals surface area (Å²) < 4.78 is 24.8. The summed E-state index contributed by atoms with van der Waals surface area (Å²) in [6.45, 7) is -0.609. The number of nitrogens with zero attached hydrogens (tertiary/aromatic N) is 1. The molecule has 1 aliphatic rings. The van der Waals surface area contributed by atoms with E-state index in [0.29, 0.717) is 5.56 Å². The first-order valence-corrected chi connectivity index (χ1v) is 9.37. The fraction of sp³-hybridized carbons (Fsp3) is 0.278. The number of Topliss-reactive ketones (excluding diaryl/α,β-unsaturated/α-hetero) is 1. The Hall–Kier alpha value is -2.54. The summed E-state index contributed by atoms with van der Waals surface area (Å²) in [5.74, 6) is -1.47. The van der Waals surface area contributed by atoms with Crippen molar-refractivity contribution in [1.29, 1.82) is 0 Å². The zero-order valence-corrected chi connectivity index (χ0v) is 14.2. The van der Waals surface area contributed by atoms with Gasteiger partial charge in [0.1, 0.15) is 4.75 Å². The van der Waals surface area contributed by atoms with Crippen LogP contribution in [0.1, 0.15) is 24.3 Å². The number of nitro groups is 1. The van der Waals surface area contributed by atoms with Gasteiger partial charge in [-0.15, -0.1) is 0 Å². The van der Waals surface area contributed by atoms with E-state index in [1.54, 1.807) is 48.5 Å². The number of carbonyl (C=O) groups excluding carboxylic acids is 1. The van der Waals surface area contributed by atoms with Crippen LogP contribution in [0, 0.1) is 10.1 Å². The second-order valence-corrected chi connectivity index (χ2v) is 8.31. The zero-order chi connectivity index (χ0) is 18.1. The van der Waals surface area contributed by atoms with Crippen LogP contribution in [0.4, 0.5) is 0 Å². The number of ketones is 1. The summed E-state index contributed by atoms with van der Waals surface area (Å²) in [6.07, 6.45) is 0.212. The molecular weight excluding hydrogens is 342 g/mol. The summed E-state index contributed by atoms with van der Waals surface area (Å²) in [4.78, 5) is 23.3. The maximum atomic E-state index is 13.3. The van der Waals surface area contributed by atoms with Crippen LogP contribution in [0.25, 0.3) is 0 Å². The van der Waals surface area contributed by atoms with Crippen LogP contribution < -0.4 is 0 Å². The summed E-state index contributed by atoms with van der Waals surface area (Å²) in [5, 5.41) is 11.2. The molecule has 7 heteroatoms.